The molecule has 0 aliphatic carbocycles. The quantitative estimate of drug-likeness (QED) is 0.873. The highest BCUT2D eigenvalue weighted by Gasteiger charge is 2.19. The van der Waals surface area contributed by atoms with Crippen molar-refractivity contribution in [2.45, 2.75) is 46.2 Å². The Bertz CT molecular complexity index is 407. The summed E-state index contributed by atoms with van der Waals surface area (Å²) in [5, 5.41) is 3.51. The molecule has 2 rings (SSSR count). The van der Waals surface area contributed by atoms with Gasteiger partial charge in [-0.15, -0.1) is 0 Å². The normalized spacial score (nSPS) is 18.2. The molecule has 1 unspecified atom stereocenters. The summed E-state index contributed by atoms with van der Waals surface area (Å²) in [6.45, 7) is 14.4. The van der Waals surface area contributed by atoms with Crippen LogP contribution in [0.25, 0.3) is 0 Å². The number of pyridine rings is 1. The molecule has 0 spiro atoms. The van der Waals surface area contributed by atoms with Crippen molar-refractivity contribution in [2.24, 2.45) is 0 Å². The van der Waals surface area contributed by atoms with E-state index in [2.05, 4.69) is 59.9 Å². The highest BCUT2D eigenvalue weighted by atomic mass is 15.3. The van der Waals surface area contributed by atoms with Crippen LogP contribution in [0.4, 0.5) is 5.82 Å². The number of hydrogen-bond donors (Lipinski definition) is 1. The van der Waals surface area contributed by atoms with Gasteiger partial charge in [-0.2, -0.15) is 0 Å². The van der Waals surface area contributed by atoms with Crippen molar-refractivity contribution in [3.8, 4) is 0 Å². The van der Waals surface area contributed by atoms with E-state index in [0.29, 0.717) is 12.1 Å². The molecule has 1 fully saturated rings. The number of piperazine rings is 1. The molecule has 0 radical (unpaired) electrons. The first-order chi connectivity index (χ1) is 10.1. The Balaban J connectivity index is 1.91. The predicted octanol–water partition coefficient (Wildman–Crippen LogP) is 2.67. The minimum atomic E-state index is 0.379. The van der Waals surface area contributed by atoms with Gasteiger partial charge in [0.1, 0.15) is 5.82 Å². The first kappa shape index (κ1) is 16.2. The summed E-state index contributed by atoms with van der Waals surface area (Å²) in [6.07, 6.45) is 3.19. The van der Waals surface area contributed by atoms with E-state index in [0.717, 1.165) is 45.0 Å². The molecule has 1 atom stereocenters. The highest BCUT2D eigenvalue weighted by Crippen LogP contribution is 2.18. The summed E-state index contributed by atoms with van der Waals surface area (Å²) < 4.78 is 0. The van der Waals surface area contributed by atoms with Gasteiger partial charge in [0.2, 0.25) is 0 Å². The molecule has 4 heteroatoms. The van der Waals surface area contributed by atoms with Crippen LogP contribution >= 0.6 is 0 Å². The van der Waals surface area contributed by atoms with E-state index in [1.54, 1.807) is 0 Å². The van der Waals surface area contributed by atoms with Crippen LogP contribution in [0.5, 0.6) is 0 Å². The third-order valence-corrected chi connectivity index (χ3v) is 4.34. The van der Waals surface area contributed by atoms with Crippen LogP contribution in [0.1, 0.15) is 45.7 Å². The van der Waals surface area contributed by atoms with Gasteiger partial charge >= 0.3 is 0 Å². The summed E-state index contributed by atoms with van der Waals surface area (Å²) in [6, 6.07) is 5.41. The average molecular weight is 290 g/mol. The topological polar surface area (TPSA) is 31.4 Å². The zero-order chi connectivity index (χ0) is 15.2. The van der Waals surface area contributed by atoms with Crippen molar-refractivity contribution in [3.63, 3.8) is 0 Å². The second-order valence-corrected chi connectivity index (χ2v) is 6.24. The predicted molar refractivity (Wildman–Crippen MR) is 89.9 cm³/mol. The van der Waals surface area contributed by atoms with Crippen molar-refractivity contribution in [3.05, 3.63) is 23.9 Å². The molecule has 1 aliphatic heterocycles. The second kappa shape index (κ2) is 7.76. The first-order valence-corrected chi connectivity index (χ1v) is 8.30. The Hall–Kier alpha value is -1.13. The van der Waals surface area contributed by atoms with Crippen LogP contribution < -0.4 is 10.2 Å². The molecule has 1 aliphatic rings. The maximum absolute atomic E-state index is 4.67. The number of rotatable bonds is 6. The number of anilines is 1. The van der Waals surface area contributed by atoms with Crippen molar-refractivity contribution in [1.82, 2.24) is 15.2 Å². The second-order valence-electron chi connectivity index (χ2n) is 6.24. The minimum Gasteiger partial charge on any atom is -0.354 e. The lowest BCUT2D eigenvalue weighted by Gasteiger charge is -2.37. The van der Waals surface area contributed by atoms with Gasteiger partial charge in [-0.1, -0.05) is 13.0 Å². The SMILES string of the molecule is CCCNC(C)c1ccc(N2CCN(C(C)C)CC2)nc1. The van der Waals surface area contributed by atoms with Gasteiger partial charge in [0.05, 0.1) is 0 Å². The first-order valence-electron chi connectivity index (χ1n) is 8.30. The maximum Gasteiger partial charge on any atom is 0.128 e. The lowest BCUT2D eigenvalue weighted by atomic mass is 10.1. The highest BCUT2D eigenvalue weighted by molar-refractivity contribution is 5.40. The standard InChI is InChI=1S/C17H30N4/c1-5-8-18-15(4)16-6-7-17(19-13-16)21-11-9-20(10-12-21)14(2)3/h6-7,13-15,18H,5,8-12H2,1-4H3. The fourth-order valence-corrected chi connectivity index (χ4v) is 2.79. The van der Waals surface area contributed by atoms with E-state index in [4.69, 9.17) is 0 Å². The monoisotopic (exact) mass is 290 g/mol. The molecule has 1 aromatic heterocycles. The summed E-state index contributed by atoms with van der Waals surface area (Å²) in [5.41, 5.74) is 1.27. The van der Waals surface area contributed by atoms with Gasteiger partial charge in [-0.25, -0.2) is 4.98 Å². The Labute approximate surface area is 129 Å². The fraction of sp³-hybridized carbons (Fsp3) is 0.706. The van der Waals surface area contributed by atoms with Crippen LogP contribution in [-0.2, 0) is 0 Å². The van der Waals surface area contributed by atoms with Crippen LogP contribution in [0.2, 0.25) is 0 Å². The number of aromatic nitrogens is 1. The largest absolute Gasteiger partial charge is 0.354 e. The minimum absolute atomic E-state index is 0.379. The summed E-state index contributed by atoms with van der Waals surface area (Å²) in [4.78, 5) is 9.59. The maximum atomic E-state index is 4.67. The molecule has 0 saturated carbocycles. The van der Waals surface area contributed by atoms with Gasteiger partial charge in [0.25, 0.3) is 0 Å². The van der Waals surface area contributed by atoms with Crippen LogP contribution in [0.15, 0.2) is 18.3 Å². The Morgan fingerprint density at radius 3 is 2.38 bits per heavy atom. The fourth-order valence-electron chi connectivity index (χ4n) is 2.79. The van der Waals surface area contributed by atoms with E-state index in [1.807, 2.05) is 6.20 Å². The van der Waals surface area contributed by atoms with Gasteiger partial charge in [-0.05, 0) is 45.4 Å². The summed E-state index contributed by atoms with van der Waals surface area (Å²) in [7, 11) is 0. The van der Waals surface area contributed by atoms with E-state index >= 15 is 0 Å². The van der Waals surface area contributed by atoms with Crippen LogP contribution in [0.3, 0.4) is 0 Å². The molecule has 1 aromatic rings. The molecule has 2 heterocycles. The molecule has 21 heavy (non-hydrogen) atoms. The van der Waals surface area contributed by atoms with E-state index in [9.17, 15) is 0 Å². The molecule has 0 bridgehead atoms. The lowest BCUT2D eigenvalue weighted by molar-refractivity contribution is 0.209. The Morgan fingerprint density at radius 2 is 1.86 bits per heavy atom. The van der Waals surface area contributed by atoms with E-state index in [1.165, 1.54) is 5.56 Å². The summed E-state index contributed by atoms with van der Waals surface area (Å²) >= 11 is 0. The van der Waals surface area contributed by atoms with Crippen molar-refractivity contribution in [1.29, 1.82) is 0 Å². The number of hydrogen-bond acceptors (Lipinski definition) is 4. The smallest absolute Gasteiger partial charge is 0.128 e. The molecular formula is C17H30N4. The average Bonchev–Trinajstić information content (AvgIpc) is 2.53. The number of nitrogens with zero attached hydrogens (tertiary/aromatic N) is 3. The van der Waals surface area contributed by atoms with Crippen molar-refractivity contribution in [2.75, 3.05) is 37.6 Å². The van der Waals surface area contributed by atoms with E-state index < -0.39 is 0 Å². The molecule has 0 aromatic carbocycles. The van der Waals surface area contributed by atoms with Gasteiger partial charge in [-0.3, -0.25) is 4.90 Å². The Kier molecular flexibility index (Phi) is 6.00. The molecule has 1 N–H and O–H groups in total. The van der Waals surface area contributed by atoms with Gasteiger partial charge in [0, 0.05) is 44.5 Å². The van der Waals surface area contributed by atoms with Gasteiger partial charge in [0.15, 0.2) is 0 Å². The zero-order valence-corrected chi connectivity index (χ0v) is 14.0. The van der Waals surface area contributed by atoms with Crippen LogP contribution in [-0.4, -0.2) is 48.6 Å². The molecule has 118 valence electrons. The third kappa shape index (κ3) is 4.42. The summed E-state index contributed by atoms with van der Waals surface area (Å²) in [5.74, 6) is 1.12. The van der Waals surface area contributed by atoms with E-state index in [-0.39, 0.29) is 0 Å². The molecular weight excluding hydrogens is 260 g/mol. The van der Waals surface area contributed by atoms with Crippen molar-refractivity contribution >= 4 is 5.82 Å². The molecule has 1 saturated heterocycles. The lowest BCUT2D eigenvalue weighted by Crippen LogP contribution is -2.49. The molecule has 0 amide bonds. The van der Waals surface area contributed by atoms with Gasteiger partial charge < -0.3 is 10.2 Å². The number of nitrogens with one attached hydrogen (secondary N) is 1. The third-order valence-electron chi connectivity index (χ3n) is 4.34. The van der Waals surface area contributed by atoms with Crippen LogP contribution in [0, 0.1) is 0 Å². The van der Waals surface area contributed by atoms with Crippen molar-refractivity contribution < 1.29 is 0 Å². The Morgan fingerprint density at radius 1 is 1.14 bits per heavy atom. The zero-order valence-electron chi connectivity index (χ0n) is 14.0. The molecule has 4 nitrogen and oxygen atoms in total.